The van der Waals surface area contributed by atoms with Crippen LogP contribution in [0.15, 0.2) is 34.9 Å². The van der Waals surface area contributed by atoms with Crippen LogP contribution in [0, 0.1) is 0 Å². The second kappa shape index (κ2) is 5.61. The molecule has 1 aromatic carbocycles. The normalized spacial score (nSPS) is 15.6. The van der Waals surface area contributed by atoms with E-state index in [1.54, 1.807) is 30.5 Å². The van der Waals surface area contributed by atoms with Gasteiger partial charge in [0.05, 0.1) is 18.4 Å². The van der Waals surface area contributed by atoms with Gasteiger partial charge in [-0.25, -0.2) is 0 Å². The Morgan fingerprint density at radius 2 is 2.24 bits per heavy atom. The highest BCUT2D eigenvalue weighted by molar-refractivity contribution is 5.97. The molecule has 1 aliphatic heterocycles. The van der Waals surface area contributed by atoms with Gasteiger partial charge in [-0.2, -0.15) is 0 Å². The van der Waals surface area contributed by atoms with Crippen molar-refractivity contribution in [2.24, 2.45) is 0 Å². The van der Waals surface area contributed by atoms with Crippen molar-refractivity contribution in [1.82, 2.24) is 5.32 Å². The lowest BCUT2D eigenvalue weighted by Crippen LogP contribution is -2.24. The van der Waals surface area contributed by atoms with Crippen molar-refractivity contribution in [3.05, 3.63) is 53.0 Å². The number of benzene rings is 1. The zero-order valence-corrected chi connectivity index (χ0v) is 11.8. The molecule has 0 saturated carbocycles. The second-order valence-corrected chi connectivity index (χ2v) is 4.92. The molecular formula is C16H17NO4. The van der Waals surface area contributed by atoms with Crippen molar-refractivity contribution < 1.29 is 19.1 Å². The summed E-state index contributed by atoms with van der Waals surface area (Å²) in [5, 5.41) is 13.3. The molecule has 3 rings (SSSR count). The molecule has 0 aliphatic carbocycles. The number of aryl methyl sites for hydroxylation is 1. The fourth-order valence-corrected chi connectivity index (χ4v) is 2.50. The van der Waals surface area contributed by atoms with E-state index in [0.717, 1.165) is 11.3 Å². The van der Waals surface area contributed by atoms with Crippen LogP contribution in [-0.4, -0.2) is 24.2 Å². The van der Waals surface area contributed by atoms with Crippen molar-refractivity contribution in [1.29, 1.82) is 0 Å². The molecule has 1 aliphatic rings. The average Bonchev–Trinajstić information content (AvgIpc) is 2.91. The Morgan fingerprint density at radius 3 is 3.05 bits per heavy atom. The number of hydrogen-bond donors (Lipinski definition) is 2. The third-order valence-corrected chi connectivity index (χ3v) is 3.60. The molecule has 0 bridgehead atoms. The van der Waals surface area contributed by atoms with Gasteiger partial charge in [-0.1, -0.05) is 13.0 Å². The van der Waals surface area contributed by atoms with Crippen molar-refractivity contribution in [2.45, 2.75) is 19.4 Å². The third-order valence-electron chi connectivity index (χ3n) is 3.60. The van der Waals surface area contributed by atoms with Gasteiger partial charge in [-0.05, 0) is 23.8 Å². The predicted molar refractivity (Wildman–Crippen MR) is 76.4 cm³/mol. The van der Waals surface area contributed by atoms with Gasteiger partial charge >= 0.3 is 0 Å². The van der Waals surface area contributed by atoms with E-state index in [4.69, 9.17) is 9.15 Å². The van der Waals surface area contributed by atoms with E-state index in [-0.39, 0.29) is 5.91 Å². The molecule has 2 aromatic rings. The third kappa shape index (κ3) is 2.52. The maximum atomic E-state index is 12.0. The second-order valence-electron chi connectivity index (χ2n) is 4.92. The molecular weight excluding hydrogens is 270 g/mol. The molecule has 1 amide bonds. The summed E-state index contributed by atoms with van der Waals surface area (Å²) in [5.41, 5.74) is 1.82. The Hall–Kier alpha value is -2.27. The Bertz CT molecular complexity index is 662. The molecule has 1 unspecified atom stereocenters. The molecule has 0 fully saturated rings. The number of carbonyl (C=O) groups excluding carboxylic acids is 1. The van der Waals surface area contributed by atoms with Crippen LogP contribution in [0.3, 0.4) is 0 Å². The zero-order chi connectivity index (χ0) is 14.8. The first-order valence-corrected chi connectivity index (χ1v) is 7.00. The highest BCUT2D eigenvalue weighted by Crippen LogP contribution is 2.30. The Morgan fingerprint density at radius 1 is 1.38 bits per heavy atom. The van der Waals surface area contributed by atoms with E-state index in [0.29, 0.717) is 36.4 Å². The molecule has 2 N–H and O–H groups in total. The monoisotopic (exact) mass is 287 g/mol. The predicted octanol–water partition coefficient (Wildman–Crippen LogP) is 2.05. The number of hydrogen-bond acceptors (Lipinski definition) is 4. The first kappa shape index (κ1) is 13.7. The molecule has 2 heterocycles. The van der Waals surface area contributed by atoms with Gasteiger partial charge in [0.1, 0.15) is 24.2 Å². The minimum atomic E-state index is -0.819. The molecule has 1 aromatic heterocycles. The number of rotatable bonds is 3. The van der Waals surface area contributed by atoms with Crippen LogP contribution < -0.4 is 10.1 Å². The number of furan rings is 1. The van der Waals surface area contributed by atoms with Crippen LogP contribution in [0.1, 0.15) is 40.3 Å². The van der Waals surface area contributed by atoms with Gasteiger partial charge in [-0.15, -0.1) is 0 Å². The number of aliphatic hydroxyl groups excluding tert-OH is 1. The fraction of sp³-hybridized carbons (Fsp3) is 0.312. The van der Waals surface area contributed by atoms with E-state index < -0.39 is 6.10 Å². The maximum absolute atomic E-state index is 12.0. The minimum Gasteiger partial charge on any atom is -0.491 e. The topological polar surface area (TPSA) is 71.7 Å². The molecule has 21 heavy (non-hydrogen) atoms. The summed E-state index contributed by atoms with van der Waals surface area (Å²) in [4.78, 5) is 12.0. The number of ether oxygens (including phenoxy) is 1. The quantitative estimate of drug-likeness (QED) is 0.906. The zero-order valence-electron chi connectivity index (χ0n) is 11.8. The molecule has 1 atom stereocenters. The lowest BCUT2D eigenvalue weighted by Gasteiger charge is -2.13. The van der Waals surface area contributed by atoms with Gasteiger partial charge in [0.25, 0.3) is 5.91 Å². The largest absolute Gasteiger partial charge is 0.491 e. The first-order chi connectivity index (χ1) is 10.2. The van der Waals surface area contributed by atoms with Gasteiger partial charge in [0.2, 0.25) is 0 Å². The molecule has 110 valence electrons. The van der Waals surface area contributed by atoms with Gasteiger partial charge in [-0.3, -0.25) is 4.79 Å². The summed E-state index contributed by atoms with van der Waals surface area (Å²) in [5.74, 6) is 1.11. The van der Waals surface area contributed by atoms with Crippen LogP contribution in [0.5, 0.6) is 5.75 Å². The van der Waals surface area contributed by atoms with Crippen molar-refractivity contribution in [2.75, 3.05) is 13.2 Å². The molecule has 5 heteroatoms. The molecule has 0 saturated heterocycles. The smallest absolute Gasteiger partial charge is 0.255 e. The maximum Gasteiger partial charge on any atom is 0.255 e. The Labute approximate surface area is 122 Å². The van der Waals surface area contributed by atoms with Gasteiger partial charge < -0.3 is 19.6 Å². The van der Waals surface area contributed by atoms with Crippen LogP contribution in [0.4, 0.5) is 0 Å². The van der Waals surface area contributed by atoms with Crippen LogP contribution in [-0.2, 0) is 6.42 Å². The van der Waals surface area contributed by atoms with Crippen molar-refractivity contribution >= 4 is 5.91 Å². The lowest BCUT2D eigenvalue weighted by atomic mass is 9.98. The average molecular weight is 287 g/mol. The Kier molecular flexibility index (Phi) is 3.66. The highest BCUT2D eigenvalue weighted by Gasteiger charge is 2.21. The van der Waals surface area contributed by atoms with Crippen LogP contribution in [0.25, 0.3) is 0 Å². The number of fused-ring (bicyclic) bond motifs is 1. The summed E-state index contributed by atoms with van der Waals surface area (Å²) < 4.78 is 10.9. The van der Waals surface area contributed by atoms with Crippen molar-refractivity contribution in [3.63, 3.8) is 0 Å². The summed E-state index contributed by atoms with van der Waals surface area (Å²) in [6.45, 7) is 2.89. The number of aliphatic hydroxyl groups is 1. The Balaban J connectivity index is 1.98. The van der Waals surface area contributed by atoms with Crippen LogP contribution >= 0.6 is 0 Å². The summed E-state index contributed by atoms with van der Waals surface area (Å²) in [6, 6.07) is 6.93. The van der Waals surface area contributed by atoms with Gasteiger partial charge in [0.15, 0.2) is 0 Å². The molecule has 5 nitrogen and oxygen atoms in total. The highest BCUT2D eigenvalue weighted by atomic mass is 16.5. The molecule has 0 spiro atoms. The summed E-state index contributed by atoms with van der Waals surface area (Å²) >= 11 is 0. The summed E-state index contributed by atoms with van der Waals surface area (Å²) in [6.07, 6.45) is 1.45. The summed E-state index contributed by atoms with van der Waals surface area (Å²) in [7, 11) is 0. The SMILES string of the molecule is CCc1occc1C(O)c1ccc2c(c1)C(=O)NCCO2. The van der Waals surface area contributed by atoms with E-state index in [1.165, 1.54) is 0 Å². The fourth-order valence-electron chi connectivity index (χ4n) is 2.50. The van der Waals surface area contributed by atoms with E-state index in [9.17, 15) is 9.90 Å². The van der Waals surface area contributed by atoms with Crippen molar-refractivity contribution in [3.8, 4) is 5.75 Å². The standard InChI is InChI=1S/C16H17NO4/c1-2-13-11(5-7-20-13)15(18)10-3-4-14-12(9-10)16(19)17-6-8-21-14/h3-5,7,9,15,18H,2,6,8H2,1H3,(H,17,19). The first-order valence-electron chi connectivity index (χ1n) is 7.00. The minimum absolute atomic E-state index is 0.181. The van der Waals surface area contributed by atoms with E-state index in [1.807, 2.05) is 6.92 Å². The molecule has 0 radical (unpaired) electrons. The lowest BCUT2D eigenvalue weighted by molar-refractivity contribution is 0.0957. The number of nitrogens with one attached hydrogen (secondary N) is 1. The van der Waals surface area contributed by atoms with Crippen LogP contribution in [0.2, 0.25) is 0 Å². The van der Waals surface area contributed by atoms with E-state index >= 15 is 0 Å². The van der Waals surface area contributed by atoms with Gasteiger partial charge in [0, 0.05) is 12.0 Å². The number of carbonyl (C=O) groups is 1. The van der Waals surface area contributed by atoms with E-state index in [2.05, 4.69) is 5.32 Å². The number of amides is 1.